The SMILES string of the molecule is CC(C)C(C)O.CCCCCN1C(=O)c2ccc3c4ccc5c6c(ccc(c7ccc(c2c37)C1=O)c64)C(=O)N(C(C)CC(C)C)C5=O.COCCO. The first kappa shape index (κ1) is 38.8. The summed E-state index contributed by atoms with van der Waals surface area (Å²) in [6, 6.07) is 15.0. The molecule has 7 rings (SSSR count). The fraction of sp³-hybridized carbons (Fsp3) is 0.442. The highest BCUT2D eigenvalue weighted by atomic mass is 16.5. The molecule has 2 heterocycles. The van der Waals surface area contributed by atoms with Crippen LogP contribution in [0.5, 0.6) is 0 Å². The van der Waals surface area contributed by atoms with Crippen LogP contribution in [-0.4, -0.2) is 82.7 Å². The number of amides is 4. The summed E-state index contributed by atoms with van der Waals surface area (Å²) in [5.41, 5.74) is 2.17. The number of benzene rings is 5. The molecular formula is C43H52N2O7. The number of carbonyl (C=O) groups excluding carboxylic acids is 4. The fourth-order valence-corrected chi connectivity index (χ4v) is 7.34. The zero-order valence-corrected chi connectivity index (χ0v) is 31.7. The standard InChI is InChI=1S/C35H32N2O4.C5H12O.C3H8O2/c1-5-6-7-16-36-32(38)24-12-8-20-22-10-14-26-31-27(35(41)37(34(26)40)19(4)17-18(2)3)15-11-23(29(22)31)21-9-13-25(33(36)39)30(24)28(20)21;1-4(2)5(3)6;1-5-3-2-4/h8-15,18-19H,5-7,16-17H2,1-4H3;4-6H,1-3H3;4H,2-3H2,1H3. The van der Waals surface area contributed by atoms with Gasteiger partial charge in [0, 0.05) is 52.7 Å². The lowest BCUT2D eigenvalue weighted by Crippen LogP contribution is -2.46. The third-order valence-corrected chi connectivity index (χ3v) is 10.3. The maximum absolute atomic E-state index is 13.8. The molecule has 5 aromatic carbocycles. The number of rotatable bonds is 10. The number of unbranched alkanes of at least 4 members (excludes halogenated alkanes) is 2. The summed E-state index contributed by atoms with van der Waals surface area (Å²) < 4.78 is 4.44. The van der Waals surface area contributed by atoms with E-state index in [1.54, 1.807) is 14.0 Å². The van der Waals surface area contributed by atoms with E-state index in [1.165, 1.54) is 9.80 Å². The van der Waals surface area contributed by atoms with Crippen molar-refractivity contribution in [3.8, 4) is 0 Å². The zero-order chi connectivity index (χ0) is 38.0. The number of hydrogen-bond donors (Lipinski definition) is 2. The minimum absolute atomic E-state index is 0.122. The highest BCUT2D eigenvalue weighted by Crippen LogP contribution is 2.46. The molecule has 0 aliphatic carbocycles. The summed E-state index contributed by atoms with van der Waals surface area (Å²) in [6.45, 7) is 15.0. The average molecular weight is 709 g/mol. The van der Waals surface area contributed by atoms with Crippen LogP contribution in [0.15, 0.2) is 48.5 Å². The predicted molar refractivity (Wildman–Crippen MR) is 207 cm³/mol. The van der Waals surface area contributed by atoms with Crippen molar-refractivity contribution >= 4 is 66.7 Å². The number of aliphatic hydroxyl groups is 2. The van der Waals surface area contributed by atoms with Gasteiger partial charge < -0.3 is 14.9 Å². The zero-order valence-electron chi connectivity index (χ0n) is 31.7. The van der Waals surface area contributed by atoms with E-state index >= 15 is 0 Å². The van der Waals surface area contributed by atoms with Gasteiger partial charge in [0.05, 0.1) is 19.3 Å². The Kier molecular flexibility index (Phi) is 12.0. The second kappa shape index (κ2) is 16.1. The highest BCUT2D eigenvalue weighted by molar-refractivity contribution is 6.41. The van der Waals surface area contributed by atoms with Gasteiger partial charge in [0.1, 0.15) is 0 Å². The van der Waals surface area contributed by atoms with Gasteiger partial charge in [-0.25, -0.2) is 0 Å². The molecule has 0 aromatic heterocycles. The highest BCUT2D eigenvalue weighted by Gasteiger charge is 2.38. The van der Waals surface area contributed by atoms with Crippen molar-refractivity contribution in [1.82, 2.24) is 9.80 Å². The lowest BCUT2D eigenvalue weighted by atomic mass is 9.82. The largest absolute Gasteiger partial charge is 0.394 e. The summed E-state index contributed by atoms with van der Waals surface area (Å²) in [5, 5.41) is 23.4. The molecule has 9 nitrogen and oxygen atoms in total. The van der Waals surface area contributed by atoms with Crippen LogP contribution in [0.1, 0.15) is 116 Å². The van der Waals surface area contributed by atoms with Crippen molar-refractivity contribution in [3.63, 3.8) is 0 Å². The molecule has 276 valence electrons. The Balaban J connectivity index is 0.000000417. The van der Waals surface area contributed by atoms with E-state index in [-0.39, 0.29) is 42.4 Å². The summed E-state index contributed by atoms with van der Waals surface area (Å²) in [5.74, 6) is -0.243. The smallest absolute Gasteiger partial charge is 0.261 e. The minimum Gasteiger partial charge on any atom is -0.394 e. The number of nitrogens with zero attached hydrogens (tertiary/aromatic N) is 2. The Morgan fingerprint density at radius 3 is 1.35 bits per heavy atom. The molecule has 2 unspecified atom stereocenters. The molecule has 0 saturated carbocycles. The molecule has 0 radical (unpaired) electrons. The van der Waals surface area contributed by atoms with E-state index in [0.717, 1.165) is 58.0 Å². The van der Waals surface area contributed by atoms with Gasteiger partial charge in [0.15, 0.2) is 0 Å². The van der Waals surface area contributed by atoms with E-state index in [2.05, 4.69) is 25.5 Å². The summed E-state index contributed by atoms with van der Waals surface area (Å²) in [6.07, 6.45) is 3.34. The van der Waals surface area contributed by atoms with Gasteiger partial charge in [-0.1, -0.05) is 71.7 Å². The van der Waals surface area contributed by atoms with Crippen molar-refractivity contribution in [2.24, 2.45) is 11.8 Å². The average Bonchev–Trinajstić information content (AvgIpc) is 3.11. The molecule has 2 atom stereocenters. The monoisotopic (exact) mass is 708 g/mol. The summed E-state index contributed by atoms with van der Waals surface area (Å²) in [4.78, 5) is 57.4. The van der Waals surface area contributed by atoms with E-state index in [4.69, 9.17) is 10.2 Å². The fourth-order valence-electron chi connectivity index (χ4n) is 7.34. The van der Waals surface area contributed by atoms with Crippen LogP contribution in [0.4, 0.5) is 0 Å². The number of carbonyl (C=O) groups is 4. The summed E-state index contributed by atoms with van der Waals surface area (Å²) >= 11 is 0. The van der Waals surface area contributed by atoms with Crippen LogP contribution >= 0.6 is 0 Å². The van der Waals surface area contributed by atoms with Crippen molar-refractivity contribution in [2.45, 2.75) is 86.3 Å². The Morgan fingerprint density at radius 1 is 0.635 bits per heavy atom. The van der Waals surface area contributed by atoms with E-state index < -0.39 is 0 Å². The van der Waals surface area contributed by atoms with Gasteiger partial charge in [-0.2, -0.15) is 0 Å². The first-order chi connectivity index (χ1) is 24.8. The number of methoxy groups -OCH3 is 1. The van der Waals surface area contributed by atoms with Gasteiger partial charge >= 0.3 is 0 Å². The van der Waals surface area contributed by atoms with Crippen molar-refractivity contribution in [2.75, 3.05) is 26.9 Å². The molecule has 0 saturated heterocycles. The first-order valence-corrected chi connectivity index (χ1v) is 18.5. The molecular weight excluding hydrogens is 656 g/mol. The maximum atomic E-state index is 13.8. The van der Waals surface area contributed by atoms with Crippen LogP contribution in [0.2, 0.25) is 0 Å². The van der Waals surface area contributed by atoms with E-state index in [1.807, 2.05) is 69.3 Å². The third-order valence-electron chi connectivity index (χ3n) is 10.3. The van der Waals surface area contributed by atoms with Crippen molar-refractivity contribution in [1.29, 1.82) is 0 Å². The van der Waals surface area contributed by atoms with E-state index in [0.29, 0.717) is 58.0 Å². The van der Waals surface area contributed by atoms with Crippen molar-refractivity contribution < 1.29 is 34.1 Å². The Bertz CT molecular complexity index is 2010. The van der Waals surface area contributed by atoms with Crippen LogP contribution in [-0.2, 0) is 4.74 Å². The van der Waals surface area contributed by atoms with Gasteiger partial charge in [0.25, 0.3) is 23.6 Å². The molecule has 2 N–H and O–H groups in total. The molecule has 5 aromatic rings. The van der Waals surface area contributed by atoms with Gasteiger partial charge in [0.2, 0.25) is 0 Å². The number of hydrogen-bond acceptors (Lipinski definition) is 7. The summed E-state index contributed by atoms with van der Waals surface area (Å²) in [7, 11) is 1.55. The minimum atomic E-state index is -0.255. The normalized spacial score (nSPS) is 15.2. The third kappa shape index (κ3) is 6.89. The molecule has 0 fully saturated rings. The van der Waals surface area contributed by atoms with Crippen LogP contribution in [0, 0.1) is 11.8 Å². The molecule has 0 spiro atoms. The second-order valence-corrected chi connectivity index (χ2v) is 14.8. The molecule has 9 heteroatoms. The Hall–Kier alpha value is -4.44. The van der Waals surface area contributed by atoms with Crippen LogP contribution in [0.25, 0.3) is 43.1 Å². The number of ether oxygens (including phenoxy) is 1. The predicted octanol–water partition coefficient (Wildman–Crippen LogP) is 8.20. The lowest BCUT2D eigenvalue weighted by Gasteiger charge is -2.33. The van der Waals surface area contributed by atoms with Gasteiger partial charge in [-0.05, 0) is 95.1 Å². The molecule has 4 amide bonds. The molecule has 0 bridgehead atoms. The first-order valence-electron chi connectivity index (χ1n) is 18.5. The maximum Gasteiger partial charge on any atom is 0.261 e. The number of imide groups is 2. The van der Waals surface area contributed by atoms with Crippen LogP contribution in [0.3, 0.4) is 0 Å². The number of aliphatic hydroxyl groups excluding tert-OH is 2. The van der Waals surface area contributed by atoms with E-state index in [9.17, 15) is 19.2 Å². The Labute approximate surface area is 305 Å². The second-order valence-electron chi connectivity index (χ2n) is 14.8. The molecule has 2 aliphatic heterocycles. The quantitative estimate of drug-likeness (QED) is 0.0649. The van der Waals surface area contributed by atoms with Gasteiger partial charge in [-0.15, -0.1) is 0 Å². The topological polar surface area (TPSA) is 124 Å². The lowest BCUT2D eigenvalue weighted by molar-refractivity contribution is 0.0532. The number of fused-ring (bicyclic) bond motifs is 2. The van der Waals surface area contributed by atoms with Crippen LogP contribution < -0.4 is 0 Å². The van der Waals surface area contributed by atoms with Crippen molar-refractivity contribution in [3.05, 3.63) is 70.8 Å². The molecule has 52 heavy (non-hydrogen) atoms. The Morgan fingerprint density at radius 2 is 1.04 bits per heavy atom. The molecule has 2 aliphatic rings. The van der Waals surface area contributed by atoms with Gasteiger partial charge in [-0.3, -0.25) is 29.0 Å².